The molecule has 0 aromatic heterocycles. The molecule has 1 aromatic rings. The smallest absolute Gasteiger partial charge is 0.306 e. The third kappa shape index (κ3) is 4.06. The highest BCUT2D eigenvalue weighted by atomic mass is 19.1. The Balaban J connectivity index is 2.45. The van der Waals surface area contributed by atoms with Crippen molar-refractivity contribution < 1.29 is 14.3 Å². The molecule has 1 unspecified atom stereocenters. The largest absolute Gasteiger partial charge is 0.481 e. The third-order valence-electron chi connectivity index (χ3n) is 2.65. The minimum Gasteiger partial charge on any atom is -0.481 e. The van der Waals surface area contributed by atoms with Crippen molar-refractivity contribution in [2.75, 3.05) is 11.9 Å². The first-order valence-electron chi connectivity index (χ1n) is 5.71. The van der Waals surface area contributed by atoms with Crippen molar-refractivity contribution in [3.63, 3.8) is 0 Å². The fraction of sp³-hybridized carbons (Fsp3) is 0.385. The molecule has 1 rings (SSSR count). The molecule has 18 heavy (non-hydrogen) atoms. The van der Waals surface area contributed by atoms with E-state index >= 15 is 0 Å². The molecule has 5 heteroatoms. The van der Waals surface area contributed by atoms with Gasteiger partial charge in [0.15, 0.2) is 0 Å². The maximum Gasteiger partial charge on any atom is 0.306 e. The lowest BCUT2D eigenvalue weighted by molar-refractivity contribution is -0.141. The zero-order chi connectivity index (χ0) is 13.5. The van der Waals surface area contributed by atoms with Crippen LogP contribution in [0, 0.1) is 23.1 Å². The van der Waals surface area contributed by atoms with Crippen molar-refractivity contribution in [3.8, 4) is 6.07 Å². The summed E-state index contributed by atoms with van der Waals surface area (Å²) in [6.07, 6.45) is 1.24. The highest BCUT2D eigenvalue weighted by Gasteiger charge is 2.10. The number of carboxylic acids is 1. The Kier molecular flexibility index (Phi) is 5.12. The van der Waals surface area contributed by atoms with E-state index in [0.717, 1.165) is 0 Å². The second-order valence-corrected chi connectivity index (χ2v) is 4.11. The fourth-order valence-electron chi connectivity index (χ4n) is 1.52. The van der Waals surface area contributed by atoms with Crippen LogP contribution in [0.15, 0.2) is 18.2 Å². The van der Waals surface area contributed by atoms with Gasteiger partial charge < -0.3 is 10.4 Å². The average Bonchev–Trinajstić information content (AvgIpc) is 2.35. The van der Waals surface area contributed by atoms with Crippen LogP contribution in [-0.2, 0) is 4.79 Å². The number of nitrogens with one attached hydrogen (secondary N) is 1. The number of nitriles is 1. The molecule has 0 aliphatic rings. The highest BCUT2D eigenvalue weighted by Crippen LogP contribution is 2.16. The van der Waals surface area contributed by atoms with Crippen molar-refractivity contribution in [1.82, 2.24) is 0 Å². The summed E-state index contributed by atoms with van der Waals surface area (Å²) in [5, 5.41) is 20.5. The monoisotopic (exact) mass is 250 g/mol. The molecule has 0 aliphatic heterocycles. The van der Waals surface area contributed by atoms with Gasteiger partial charge in [0, 0.05) is 6.54 Å². The van der Waals surface area contributed by atoms with Crippen LogP contribution in [-0.4, -0.2) is 17.6 Å². The fourth-order valence-corrected chi connectivity index (χ4v) is 1.52. The number of carboxylic acid groups (broad SMARTS) is 1. The Morgan fingerprint density at radius 2 is 2.33 bits per heavy atom. The average molecular weight is 250 g/mol. The number of aliphatic carboxylic acids is 1. The third-order valence-corrected chi connectivity index (χ3v) is 2.65. The molecule has 0 bridgehead atoms. The summed E-state index contributed by atoms with van der Waals surface area (Å²) >= 11 is 0. The van der Waals surface area contributed by atoms with Crippen molar-refractivity contribution in [2.24, 2.45) is 5.92 Å². The zero-order valence-corrected chi connectivity index (χ0v) is 10.1. The number of hydrogen-bond acceptors (Lipinski definition) is 3. The Morgan fingerprint density at radius 3 is 2.94 bits per heavy atom. The van der Waals surface area contributed by atoms with Gasteiger partial charge in [0.2, 0.25) is 0 Å². The van der Waals surface area contributed by atoms with Crippen molar-refractivity contribution in [3.05, 3.63) is 29.6 Å². The minimum absolute atomic E-state index is 0.251. The maximum atomic E-state index is 12.9. The normalized spacial score (nSPS) is 11.6. The van der Waals surface area contributed by atoms with Gasteiger partial charge in [0.25, 0.3) is 0 Å². The van der Waals surface area contributed by atoms with Gasteiger partial charge in [-0.25, -0.2) is 4.39 Å². The summed E-state index contributed by atoms with van der Waals surface area (Å²) in [4.78, 5) is 10.6. The van der Waals surface area contributed by atoms with Crippen LogP contribution in [0.1, 0.15) is 25.3 Å². The molecule has 96 valence electrons. The Bertz CT molecular complexity index is 469. The molecule has 0 heterocycles. The molecular formula is C13H15FN2O2. The van der Waals surface area contributed by atoms with Crippen LogP contribution < -0.4 is 5.32 Å². The van der Waals surface area contributed by atoms with Crippen LogP contribution in [0.25, 0.3) is 0 Å². The Morgan fingerprint density at radius 1 is 1.61 bits per heavy atom. The SMILES string of the molecule is CC(CCCNc1ccc(F)cc1C#N)C(=O)O. The van der Waals surface area contributed by atoms with Gasteiger partial charge in [0.05, 0.1) is 17.2 Å². The first-order valence-corrected chi connectivity index (χ1v) is 5.71. The Hall–Kier alpha value is -2.09. The lowest BCUT2D eigenvalue weighted by Crippen LogP contribution is -2.12. The van der Waals surface area contributed by atoms with Crippen molar-refractivity contribution >= 4 is 11.7 Å². The molecule has 4 nitrogen and oxygen atoms in total. The van der Waals surface area contributed by atoms with Gasteiger partial charge in [-0.2, -0.15) is 5.26 Å². The second kappa shape index (κ2) is 6.60. The zero-order valence-electron chi connectivity index (χ0n) is 10.1. The van der Waals surface area contributed by atoms with E-state index in [9.17, 15) is 9.18 Å². The molecule has 1 atom stereocenters. The topological polar surface area (TPSA) is 73.1 Å². The standard InChI is InChI=1S/C13H15FN2O2/c1-9(13(17)18)3-2-6-16-12-5-4-11(14)7-10(12)8-15/h4-5,7,9,16H,2-3,6H2,1H3,(H,17,18). The Labute approximate surface area is 105 Å². The van der Waals surface area contributed by atoms with Crippen LogP contribution in [0.4, 0.5) is 10.1 Å². The number of hydrogen-bond donors (Lipinski definition) is 2. The lowest BCUT2D eigenvalue weighted by atomic mass is 10.1. The number of rotatable bonds is 6. The molecule has 2 N–H and O–H groups in total. The van der Waals surface area contributed by atoms with E-state index in [-0.39, 0.29) is 11.5 Å². The molecule has 0 saturated carbocycles. The number of benzene rings is 1. The molecule has 0 aliphatic carbocycles. The summed E-state index contributed by atoms with van der Waals surface area (Å²) < 4.78 is 12.9. The summed E-state index contributed by atoms with van der Waals surface area (Å²) in [5.41, 5.74) is 0.822. The first kappa shape index (κ1) is 14.0. The second-order valence-electron chi connectivity index (χ2n) is 4.11. The molecule has 1 aromatic carbocycles. The van der Waals surface area contributed by atoms with Crippen LogP contribution in [0.3, 0.4) is 0 Å². The van der Waals surface area contributed by atoms with Gasteiger partial charge in [-0.1, -0.05) is 6.92 Å². The van der Waals surface area contributed by atoms with E-state index < -0.39 is 11.8 Å². The van der Waals surface area contributed by atoms with Crippen molar-refractivity contribution in [2.45, 2.75) is 19.8 Å². The van der Waals surface area contributed by atoms with Gasteiger partial charge in [-0.05, 0) is 31.0 Å². The first-order chi connectivity index (χ1) is 8.54. The van der Waals surface area contributed by atoms with E-state index in [1.165, 1.54) is 18.2 Å². The lowest BCUT2D eigenvalue weighted by Gasteiger charge is -2.09. The molecular weight excluding hydrogens is 235 g/mol. The number of carbonyl (C=O) groups is 1. The van der Waals surface area contributed by atoms with Gasteiger partial charge in [-0.15, -0.1) is 0 Å². The summed E-state index contributed by atoms with van der Waals surface area (Å²) in [7, 11) is 0. The van der Waals surface area contributed by atoms with E-state index in [2.05, 4.69) is 5.32 Å². The molecule has 0 saturated heterocycles. The summed E-state index contributed by atoms with van der Waals surface area (Å²) in [6, 6.07) is 5.87. The minimum atomic E-state index is -0.811. The number of nitrogens with zero attached hydrogens (tertiary/aromatic N) is 1. The summed E-state index contributed by atoms with van der Waals surface area (Å²) in [6.45, 7) is 2.21. The highest BCUT2D eigenvalue weighted by molar-refractivity contribution is 5.69. The van der Waals surface area contributed by atoms with Crippen LogP contribution in [0.5, 0.6) is 0 Å². The predicted molar refractivity (Wildman–Crippen MR) is 65.6 cm³/mol. The molecule has 0 radical (unpaired) electrons. The number of anilines is 1. The van der Waals surface area contributed by atoms with Crippen LogP contribution >= 0.6 is 0 Å². The van der Waals surface area contributed by atoms with E-state index in [0.29, 0.717) is 25.1 Å². The van der Waals surface area contributed by atoms with Crippen LogP contribution in [0.2, 0.25) is 0 Å². The quantitative estimate of drug-likeness (QED) is 0.761. The van der Waals surface area contributed by atoms with E-state index in [1.807, 2.05) is 6.07 Å². The van der Waals surface area contributed by atoms with Gasteiger partial charge >= 0.3 is 5.97 Å². The molecule has 0 amide bonds. The van der Waals surface area contributed by atoms with Gasteiger partial charge in [-0.3, -0.25) is 4.79 Å². The predicted octanol–water partition coefficient (Wildman–Crippen LogP) is 2.61. The van der Waals surface area contributed by atoms with E-state index in [1.54, 1.807) is 6.92 Å². The van der Waals surface area contributed by atoms with E-state index in [4.69, 9.17) is 10.4 Å². The number of halogens is 1. The molecule has 0 spiro atoms. The van der Waals surface area contributed by atoms with Gasteiger partial charge in [0.1, 0.15) is 11.9 Å². The molecule has 0 fully saturated rings. The van der Waals surface area contributed by atoms with Crippen molar-refractivity contribution in [1.29, 1.82) is 5.26 Å². The maximum absolute atomic E-state index is 12.9. The summed E-state index contributed by atoms with van der Waals surface area (Å²) in [5.74, 6) is -1.64.